The van der Waals surface area contributed by atoms with E-state index in [9.17, 15) is 9.59 Å². The average molecular weight is 240 g/mol. The van der Waals surface area contributed by atoms with Crippen LogP contribution in [-0.2, 0) is 14.3 Å². The molecule has 0 amide bonds. The highest BCUT2D eigenvalue weighted by Crippen LogP contribution is 2.19. The number of rotatable bonds is 4. The van der Waals surface area contributed by atoms with E-state index in [1.54, 1.807) is 0 Å². The van der Waals surface area contributed by atoms with Crippen molar-refractivity contribution in [2.75, 3.05) is 6.61 Å². The van der Waals surface area contributed by atoms with Gasteiger partial charge >= 0.3 is 11.9 Å². The van der Waals surface area contributed by atoms with Crippen LogP contribution in [0.15, 0.2) is 23.8 Å². The summed E-state index contributed by atoms with van der Waals surface area (Å²) in [6.45, 7) is 9.20. The topological polar surface area (TPSA) is 63.6 Å². The number of esters is 1. The second-order valence-corrected chi connectivity index (χ2v) is 4.35. The first kappa shape index (κ1) is 15.4. The van der Waals surface area contributed by atoms with Crippen molar-refractivity contribution in [1.82, 2.24) is 0 Å². The first-order valence-electron chi connectivity index (χ1n) is 5.59. The number of aliphatic carboxylic acids is 1. The van der Waals surface area contributed by atoms with Crippen molar-refractivity contribution in [3.63, 3.8) is 0 Å². The summed E-state index contributed by atoms with van der Waals surface area (Å²) in [5, 5.41) is 7.89. The molecule has 0 aromatic rings. The molecule has 1 aliphatic carbocycles. The second-order valence-electron chi connectivity index (χ2n) is 4.35. The van der Waals surface area contributed by atoms with E-state index in [4.69, 9.17) is 9.84 Å². The zero-order chi connectivity index (χ0) is 13.4. The lowest BCUT2D eigenvalue weighted by molar-refractivity contribution is -0.140. The van der Waals surface area contributed by atoms with Crippen LogP contribution in [0.1, 0.15) is 33.6 Å². The lowest BCUT2D eigenvalue weighted by atomic mass is 9.99. The minimum Gasteiger partial charge on any atom is -0.478 e. The van der Waals surface area contributed by atoms with Gasteiger partial charge in [-0.2, -0.15) is 0 Å². The number of carbonyl (C=O) groups is 2. The van der Waals surface area contributed by atoms with Gasteiger partial charge in [0, 0.05) is 11.1 Å². The molecule has 0 saturated heterocycles. The Labute approximate surface area is 102 Å². The highest BCUT2D eigenvalue weighted by atomic mass is 16.5. The van der Waals surface area contributed by atoms with Crippen LogP contribution in [0, 0.1) is 5.92 Å². The predicted molar refractivity (Wildman–Crippen MR) is 65.6 cm³/mol. The number of hydrogen-bond acceptors (Lipinski definition) is 3. The quantitative estimate of drug-likeness (QED) is 0.606. The number of carboxylic acids is 1. The van der Waals surface area contributed by atoms with Crippen molar-refractivity contribution < 1.29 is 19.4 Å². The molecular weight excluding hydrogens is 220 g/mol. The highest BCUT2D eigenvalue weighted by Gasteiger charge is 2.15. The lowest BCUT2D eigenvalue weighted by Gasteiger charge is -2.13. The third-order valence-electron chi connectivity index (χ3n) is 1.98. The van der Waals surface area contributed by atoms with E-state index in [2.05, 4.69) is 6.58 Å². The number of hydrogen-bond donors (Lipinski definition) is 1. The fourth-order valence-electron chi connectivity index (χ4n) is 0.809. The fourth-order valence-corrected chi connectivity index (χ4v) is 0.809. The standard InChI is InChI=1S/C9H14O2.C4H6O2/c1-7(2)6-11-9(10)8-4-3-5-8;1-3(2)4(5)6/h4,7H,3,5-6H2,1-2H3;1H2,2H3,(H,5,6). The van der Waals surface area contributed by atoms with E-state index >= 15 is 0 Å². The molecule has 0 atom stereocenters. The van der Waals surface area contributed by atoms with E-state index in [1.807, 2.05) is 19.9 Å². The molecule has 4 nitrogen and oxygen atoms in total. The number of allylic oxidation sites excluding steroid dienone is 1. The molecule has 17 heavy (non-hydrogen) atoms. The molecule has 0 radical (unpaired) electrons. The van der Waals surface area contributed by atoms with Crippen LogP contribution in [0.5, 0.6) is 0 Å². The predicted octanol–water partition coefficient (Wildman–Crippen LogP) is 2.55. The maximum Gasteiger partial charge on any atom is 0.333 e. The molecule has 0 bridgehead atoms. The molecule has 0 aromatic carbocycles. The fraction of sp³-hybridized carbons (Fsp3) is 0.538. The first-order valence-corrected chi connectivity index (χ1v) is 5.59. The Morgan fingerprint density at radius 1 is 1.53 bits per heavy atom. The summed E-state index contributed by atoms with van der Waals surface area (Å²) < 4.78 is 5.00. The molecule has 4 heteroatoms. The minimum absolute atomic E-state index is 0.120. The Balaban J connectivity index is 0.000000366. The summed E-state index contributed by atoms with van der Waals surface area (Å²) in [7, 11) is 0. The zero-order valence-electron chi connectivity index (χ0n) is 10.7. The molecule has 96 valence electrons. The Bertz CT molecular complexity index is 314. The minimum atomic E-state index is -0.935. The van der Waals surface area contributed by atoms with E-state index < -0.39 is 5.97 Å². The van der Waals surface area contributed by atoms with Crippen molar-refractivity contribution in [3.8, 4) is 0 Å². The molecule has 1 aliphatic rings. The van der Waals surface area contributed by atoms with Gasteiger partial charge in [-0.25, -0.2) is 9.59 Å². The van der Waals surface area contributed by atoms with Crippen molar-refractivity contribution in [2.45, 2.75) is 33.6 Å². The van der Waals surface area contributed by atoms with Gasteiger partial charge < -0.3 is 9.84 Å². The molecular formula is C13H20O4. The van der Waals surface area contributed by atoms with E-state index in [0.717, 1.165) is 18.4 Å². The Morgan fingerprint density at radius 3 is 2.24 bits per heavy atom. The third-order valence-corrected chi connectivity index (χ3v) is 1.98. The molecule has 1 rings (SSSR count). The van der Waals surface area contributed by atoms with Crippen LogP contribution in [0.2, 0.25) is 0 Å². The maximum atomic E-state index is 11.0. The zero-order valence-corrected chi connectivity index (χ0v) is 10.7. The van der Waals surface area contributed by atoms with Crippen molar-refractivity contribution in [3.05, 3.63) is 23.8 Å². The van der Waals surface area contributed by atoms with Gasteiger partial charge in [0.05, 0.1) is 6.61 Å². The Morgan fingerprint density at radius 2 is 2.00 bits per heavy atom. The molecule has 0 aliphatic heterocycles. The van der Waals surface area contributed by atoms with Crippen molar-refractivity contribution in [2.24, 2.45) is 5.92 Å². The largest absolute Gasteiger partial charge is 0.478 e. The van der Waals surface area contributed by atoms with Gasteiger partial charge in [-0.1, -0.05) is 26.5 Å². The summed E-state index contributed by atoms with van der Waals surface area (Å²) in [5.41, 5.74) is 1.03. The highest BCUT2D eigenvalue weighted by molar-refractivity contribution is 5.89. The first-order chi connectivity index (χ1) is 7.84. The summed E-state index contributed by atoms with van der Waals surface area (Å²) in [4.78, 5) is 20.6. The van der Waals surface area contributed by atoms with Crippen LogP contribution in [0.4, 0.5) is 0 Å². The van der Waals surface area contributed by atoms with Gasteiger partial charge in [0.25, 0.3) is 0 Å². The molecule has 0 heterocycles. The van der Waals surface area contributed by atoms with Crippen molar-refractivity contribution >= 4 is 11.9 Å². The SMILES string of the molecule is C=C(C)C(=O)O.CC(C)COC(=O)C1=CCC1. The van der Waals surface area contributed by atoms with Crippen LogP contribution in [-0.4, -0.2) is 23.7 Å². The summed E-state index contributed by atoms with van der Waals surface area (Å²) >= 11 is 0. The second kappa shape index (κ2) is 7.65. The summed E-state index contributed by atoms with van der Waals surface area (Å²) in [6.07, 6.45) is 3.87. The van der Waals surface area contributed by atoms with Gasteiger partial charge in [-0.15, -0.1) is 0 Å². The van der Waals surface area contributed by atoms with Crippen LogP contribution in [0.3, 0.4) is 0 Å². The van der Waals surface area contributed by atoms with Crippen molar-refractivity contribution in [1.29, 1.82) is 0 Å². The Hall–Kier alpha value is -1.58. The number of carbonyl (C=O) groups excluding carboxylic acids is 1. The van der Waals surface area contributed by atoms with Crippen LogP contribution < -0.4 is 0 Å². The lowest BCUT2D eigenvalue weighted by Crippen LogP contribution is -2.15. The summed E-state index contributed by atoms with van der Waals surface area (Å²) in [6, 6.07) is 0. The van der Waals surface area contributed by atoms with E-state index in [0.29, 0.717) is 12.5 Å². The van der Waals surface area contributed by atoms with Crippen LogP contribution in [0.25, 0.3) is 0 Å². The number of ether oxygens (including phenoxy) is 1. The molecule has 0 fully saturated rings. The monoisotopic (exact) mass is 240 g/mol. The molecule has 0 spiro atoms. The number of carboxylic acid groups (broad SMARTS) is 1. The van der Waals surface area contributed by atoms with E-state index in [1.165, 1.54) is 6.92 Å². The maximum absolute atomic E-state index is 11.0. The summed E-state index contributed by atoms with van der Waals surface area (Å²) in [5.74, 6) is -0.625. The third kappa shape index (κ3) is 7.33. The smallest absolute Gasteiger partial charge is 0.333 e. The van der Waals surface area contributed by atoms with Gasteiger partial charge in [0.2, 0.25) is 0 Å². The average Bonchev–Trinajstić information content (AvgIpc) is 2.12. The van der Waals surface area contributed by atoms with Gasteiger partial charge in [0.15, 0.2) is 0 Å². The Kier molecular flexibility index (Phi) is 6.94. The molecule has 0 saturated carbocycles. The molecule has 0 unspecified atom stereocenters. The van der Waals surface area contributed by atoms with E-state index in [-0.39, 0.29) is 11.5 Å². The van der Waals surface area contributed by atoms with Crippen LogP contribution >= 0.6 is 0 Å². The van der Waals surface area contributed by atoms with Gasteiger partial charge in [-0.05, 0) is 25.7 Å². The molecule has 1 N–H and O–H groups in total. The normalized spacial score (nSPS) is 12.8. The van der Waals surface area contributed by atoms with Gasteiger partial charge in [-0.3, -0.25) is 0 Å². The van der Waals surface area contributed by atoms with Gasteiger partial charge in [0.1, 0.15) is 0 Å². The molecule has 0 aromatic heterocycles.